The molecule has 2 aromatic carbocycles. The number of rotatable bonds is 5. The van der Waals surface area contributed by atoms with Gasteiger partial charge < -0.3 is 4.52 Å². The third-order valence-electron chi connectivity index (χ3n) is 4.04. The molecule has 2 N–H and O–H groups in total. The van der Waals surface area contributed by atoms with Crippen molar-refractivity contribution in [2.75, 3.05) is 0 Å². The highest BCUT2D eigenvalue weighted by Crippen LogP contribution is 2.45. The van der Waals surface area contributed by atoms with Crippen molar-refractivity contribution in [1.82, 2.24) is 0 Å². The second-order valence-corrected chi connectivity index (χ2v) is 9.44. The van der Waals surface area contributed by atoms with Crippen molar-refractivity contribution >= 4 is 7.82 Å². The number of phosphoric acid groups is 1. The molecule has 0 atom stereocenters. The molecule has 0 unspecified atom stereocenters. The van der Waals surface area contributed by atoms with Gasteiger partial charge in [0.15, 0.2) is 0 Å². The highest BCUT2D eigenvalue weighted by Gasteiger charge is 2.28. The molecule has 5 heteroatoms. The summed E-state index contributed by atoms with van der Waals surface area (Å²) in [6, 6.07) is 15.0. The number of benzene rings is 2. The highest BCUT2D eigenvalue weighted by molar-refractivity contribution is 7.46. The van der Waals surface area contributed by atoms with Gasteiger partial charge in [-0.25, -0.2) is 4.57 Å². The number of phosphoric ester groups is 1. The molecule has 0 aliphatic carbocycles. The second-order valence-electron chi connectivity index (χ2n) is 8.28. The van der Waals surface area contributed by atoms with Gasteiger partial charge in [-0.2, -0.15) is 0 Å². The summed E-state index contributed by atoms with van der Waals surface area (Å²) in [5, 5.41) is 0. The van der Waals surface area contributed by atoms with E-state index in [9.17, 15) is 14.4 Å². The largest absolute Gasteiger partial charge is 0.524 e. The van der Waals surface area contributed by atoms with Crippen LogP contribution in [0.15, 0.2) is 48.5 Å². The second kappa shape index (κ2) is 6.95. The predicted molar refractivity (Wildman–Crippen MR) is 102 cm³/mol. The van der Waals surface area contributed by atoms with Gasteiger partial charge in [0, 0.05) is 5.56 Å². The third-order valence-corrected chi connectivity index (χ3v) is 4.47. The molecule has 0 heterocycles. The first kappa shape index (κ1) is 19.7. The zero-order valence-corrected chi connectivity index (χ0v) is 16.4. The molecule has 0 aliphatic rings. The van der Waals surface area contributed by atoms with Crippen molar-refractivity contribution < 1.29 is 18.9 Å². The van der Waals surface area contributed by atoms with Crippen molar-refractivity contribution in [1.29, 1.82) is 0 Å². The minimum Gasteiger partial charge on any atom is -0.404 e. The Bertz CT molecular complexity index is 770. The average molecular weight is 362 g/mol. The lowest BCUT2D eigenvalue weighted by molar-refractivity contribution is 0.282. The summed E-state index contributed by atoms with van der Waals surface area (Å²) >= 11 is 0. The van der Waals surface area contributed by atoms with E-state index < -0.39 is 7.82 Å². The van der Waals surface area contributed by atoms with Gasteiger partial charge in [-0.3, -0.25) is 9.79 Å². The van der Waals surface area contributed by atoms with Gasteiger partial charge in [-0.15, -0.1) is 0 Å². The van der Waals surface area contributed by atoms with E-state index in [1.807, 2.05) is 42.5 Å². The molecule has 25 heavy (non-hydrogen) atoms. The summed E-state index contributed by atoms with van der Waals surface area (Å²) in [5.74, 6) is 0.190. The van der Waals surface area contributed by atoms with Crippen LogP contribution in [0.25, 0.3) is 11.1 Å². The molecule has 0 fully saturated rings. The summed E-state index contributed by atoms with van der Waals surface area (Å²) in [6.45, 7) is 11.0. The Balaban J connectivity index is 2.55. The Morgan fingerprint density at radius 1 is 0.960 bits per heavy atom. The normalized spacial score (nSPS) is 12.9. The van der Waals surface area contributed by atoms with Gasteiger partial charge in [0.25, 0.3) is 0 Å². The van der Waals surface area contributed by atoms with E-state index in [2.05, 4.69) is 34.6 Å². The Kier molecular flexibility index (Phi) is 5.48. The first-order valence-electron chi connectivity index (χ1n) is 8.33. The lowest BCUT2D eigenvalue weighted by Crippen LogP contribution is -2.24. The summed E-state index contributed by atoms with van der Waals surface area (Å²) in [4.78, 5) is 18.4. The van der Waals surface area contributed by atoms with Gasteiger partial charge in [-0.05, 0) is 40.5 Å². The van der Waals surface area contributed by atoms with Crippen LogP contribution in [0.2, 0.25) is 0 Å². The molecule has 0 radical (unpaired) electrons. The van der Waals surface area contributed by atoms with E-state index in [0.717, 1.165) is 17.5 Å². The van der Waals surface area contributed by atoms with Crippen LogP contribution in [-0.4, -0.2) is 9.79 Å². The van der Waals surface area contributed by atoms with Crippen LogP contribution < -0.4 is 4.52 Å². The highest BCUT2D eigenvalue weighted by atomic mass is 31.2. The molecule has 0 spiro atoms. The fourth-order valence-corrected chi connectivity index (χ4v) is 3.85. The van der Waals surface area contributed by atoms with Gasteiger partial charge in [0.2, 0.25) is 0 Å². The molecule has 2 rings (SSSR count). The zero-order chi connectivity index (χ0) is 18.9. The maximum absolute atomic E-state index is 11.3. The molecule has 0 saturated carbocycles. The van der Waals surface area contributed by atoms with Crippen LogP contribution in [0.5, 0.6) is 5.75 Å². The first-order valence-corrected chi connectivity index (χ1v) is 9.86. The van der Waals surface area contributed by atoms with E-state index in [1.54, 1.807) is 6.07 Å². The van der Waals surface area contributed by atoms with E-state index >= 15 is 0 Å². The van der Waals surface area contributed by atoms with Gasteiger partial charge >= 0.3 is 7.82 Å². The van der Waals surface area contributed by atoms with Gasteiger partial charge in [0.05, 0.1) is 0 Å². The minimum absolute atomic E-state index is 0.0809. The minimum atomic E-state index is -4.62. The molecule has 4 nitrogen and oxygen atoms in total. The Hall–Kier alpha value is -1.61. The summed E-state index contributed by atoms with van der Waals surface area (Å²) in [7, 11) is -4.62. The van der Waals surface area contributed by atoms with E-state index in [4.69, 9.17) is 4.52 Å². The SMILES string of the molecule is CC(C)(C)CC(C)(C)c1ccc(OP(=O)(O)O)c(-c2ccccc2)c1. The van der Waals surface area contributed by atoms with Crippen LogP contribution in [0.1, 0.15) is 46.6 Å². The van der Waals surface area contributed by atoms with E-state index in [1.165, 1.54) is 0 Å². The lowest BCUT2D eigenvalue weighted by Gasteiger charge is -2.33. The first-order chi connectivity index (χ1) is 11.4. The summed E-state index contributed by atoms with van der Waals surface area (Å²) in [6.07, 6.45) is 0.979. The maximum Gasteiger partial charge on any atom is 0.524 e. The molecule has 0 aliphatic heterocycles. The molecule has 2 aromatic rings. The Morgan fingerprint density at radius 2 is 1.56 bits per heavy atom. The molecular weight excluding hydrogens is 335 g/mol. The van der Waals surface area contributed by atoms with E-state index in [-0.39, 0.29) is 16.6 Å². The van der Waals surface area contributed by atoms with Crippen molar-refractivity contribution in [2.45, 2.75) is 46.5 Å². The van der Waals surface area contributed by atoms with E-state index in [0.29, 0.717) is 5.56 Å². The monoisotopic (exact) mass is 362 g/mol. The smallest absolute Gasteiger partial charge is 0.404 e. The zero-order valence-electron chi connectivity index (χ0n) is 15.5. The van der Waals surface area contributed by atoms with Crippen LogP contribution in [-0.2, 0) is 9.98 Å². The quantitative estimate of drug-likeness (QED) is 0.686. The van der Waals surface area contributed by atoms with Crippen LogP contribution in [0.4, 0.5) is 0 Å². The fraction of sp³-hybridized carbons (Fsp3) is 0.400. The average Bonchev–Trinajstić information content (AvgIpc) is 2.44. The maximum atomic E-state index is 11.3. The third kappa shape index (κ3) is 5.71. The van der Waals surface area contributed by atoms with Crippen molar-refractivity contribution in [3.05, 3.63) is 54.1 Å². The van der Waals surface area contributed by atoms with Gasteiger partial charge in [0.1, 0.15) is 5.75 Å². The molecule has 0 aromatic heterocycles. The fourth-order valence-electron chi connectivity index (χ4n) is 3.43. The molecule has 0 saturated heterocycles. The van der Waals surface area contributed by atoms with Gasteiger partial charge in [-0.1, -0.05) is 71.0 Å². The van der Waals surface area contributed by atoms with Crippen LogP contribution >= 0.6 is 7.82 Å². The summed E-state index contributed by atoms with van der Waals surface area (Å²) in [5.41, 5.74) is 2.74. The van der Waals surface area contributed by atoms with Crippen LogP contribution in [0.3, 0.4) is 0 Å². The van der Waals surface area contributed by atoms with Crippen molar-refractivity contribution in [3.63, 3.8) is 0 Å². The lowest BCUT2D eigenvalue weighted by atomic mass is 9.72. The summed E-state index contributed by atoms with van der Waals surface area (Å²) < 4.78 is 16.2. The molecule has 136 valence electrons. The molecular formula is C20H27O4P. The number of hydrogen-bond acceptors (Lipinski definition) is 2. The molecule has 0 bridgehead atoms. The van der Waals surface area contributed by atoms with Crippen molar-refractivity contribution in [2.24, 2.45) is 5.41 Å². The Morgan fingerprint density at radius 3 is 2.08 bits per heavy atom. The topological polar surface area (TPSA) is 66.8 Å². The van der Waals surface area contributed by atoms with Crippen molar-refractivity contribution in [3.8, 4) is 16.9 Å². The molecule has 0 amide bonds. The van der Waals surface area contributed by atoms with Crippen LogP contribution in [0, 0.1) is 5.41 Å². The standard InChI is InChI=1S/C20H27O4P/c1-19(2,3)14-20(4,5)16-11-12-18(24-25(21,22)23)17(13-16)15-9-7-6-8-10-15/h6-13H,14H2,1-5H3,(H2,21,22,23). The predicted octanol–water partition coefficient (Wildman–Crippen LogP) is 5.54. The number of hydrogen-bond donors (Lipinski definition) is 2. The Labute approximate surface area is 150 Å².